The van der Waals surface area contributed by atoms with Crippen molar-refractivity contribution in [3.63, 3.8) is 0 Å². The van der Waals surface area contributed by atoms with E-state index in [0.29, 0.717) is 5.82 Å². The van der Waals surface area contributed by atoms with E-state index >= 15 is 0 Å². The highest BCUT2D eigenvalue weighted by Crippen LogP contribution is 2.43. The average molecular weight is 701 g/mol. The van der Waals surface area contributed by atoms with Crippen LogP contribution in [0.4, 0.5) is 0 Å². The van der Waals surface area contributed by atoms with Crippen LogP contribution in [-0.4, -0.2) is 19.5 Å². The first-order chi connectivity index (χ1) is 27.3. The molecule has 0 radical (unpaired) electrons. The van der Waals surface area contributed by atoms with E-state index in [1.807, 2.05) is 12.1 Å². The van der Waals surface area contributed by atoms with Crippen LogP contribution in [0.5, 0.6) is 0 Å². The molecule has 0 aliphatic carbocycles. The lowest BCUT2D eigenvalue weighted by Crippen LogP contribution is -1.96. The van der Waals surface area contributed by atoms with E-state index in [4.69, 9.17) is 15.0 Å². The van der Waals surface area contributed by atoms with Crippen LogP contribution in [0.3, 0.4) is 0 Å². The summed E-state index contributed by atoms with van der Waals surface area (Å²) in [6.07, 6.45) is 0. The highest BCUT2D eigenvalue weighted by Gasteiger charge is 2.20. The minimum absolute atomic E-state index is 0.699. The number of nitrogens with zero attached hydrogens (tertiary/aromatic N) is 4. The Morgan fingerprint density at radius 2 is 0.873 bits per heavy atom. The summed E-state index contributed by atoms with van der Waals surface area (Å²) in [5.74, 6) is 0.699. The lowest BCUT2D eigenvalue weighted by atomic mass is 9.95. The van der Waals surface area contributed by atoms with Crippen molar-refractivity contribution in [1.82, 2.24) is 19.5 Å². The van der Waals surface area contributed by atoms with Crippen LogP contribution < -0.4 is 0 Å². The van der Waals surface area contributed by atoms with E-state index in [1.165, 1.54) is 32.8 Å². The van der Waals surface area contributed by atoms with Crippen molar-refractivity contribution in [2.24, 2.45) is 0 Å². The summed E-state index contributed by atoms with van der Waals surface area (Å²) < 4.78 is 2.38. The van der Waals surface area contributed by atoms with Crippen LogP contribution >= 0.6 is 0 Å². The lowest BCUT2D eigenvalue weighted by Gasteiger charge is -2.14. The number of fused-ring (bicyclic) bond motifs is 8. The summed E-state index contributed by atoms with van der Waals surface area (Å²) >= 11 is 0. The second-order valence-electron chi connectivity index (χ2n) is 14.0. The smallest absolute Gasteiger partial charge is 0.160 e. The molecule has 256 valence electrons. The molecule has 3 aromatic heterocycles. The Bertz CT molecular complexity index is 3240. The van der Waals surface area contributed by atoms with Gasteiger partial charge in [-0.15, -0.1) is 0 Å². The standard InChI is InChI=1S/C51H32N4/c1-3-14-33(15-4-1)34-26-28-35(29-27-34)51-53-44-24-11-8-21-40(44)49(54-51)36-16-13-17-37(32-36)50-42-30-31-46-48(47(42)39-20-7-10-23-43(39)52-50)41-22-9-12-25-45(41)55(46)38-18-5-2-6-19-38/h1-32H. The van der Waals surface area contributed by atoms with Crippen LogP contribution in [0.2, 0.25) is 0 Å². The first kappa shape index (κ1) is 31.1. The van der Waals surface area contributed by atoms with Gasteiger partial charge in [0.2, 0.25) is 0 Å². The molecular weight excluding hydrogens is 669 g/mol. The highest BCUT2D eigenvalue weighted by atomic mass is 15.0. The Kier molecular flexibility index (Phi) is 7.14. The van der Waals surface area contributed by atoms with E-state index < -0.39 is 0 Å². The van der Waals surface area contributed by atoms with Gasteiger partial charge in [-0.1, -0.05) is 152 Å². The Morgan fingerprint density at radius 1 is 0.309 bits per heavy atom. The van der Waals surface area contributed by atoms with Crippen molar-refractivity contribution in [1.29, 1.82) is 0 Å². The molecule has 11 rings (SSSR count). The number of hydrogen-bond donors (Lipinski definition) is 0. The molecule has 3 heterocycles. The average Bonchev–Trinajstić information content (AvgIpc) is 3.61. The fourth-order valence-corrected chi connectivity index (χ4v) is 8.26. The first-order valence-electron chi connectivity index (χ1n) is 18.6. The quantitative estimate of drug-likeness (QED) is 0.168. The molecule has 0 bridgehead atoms. The molecule has 0 fully saturated rings. The molecule has 11 aromatic rings. The highest BCUT2D eigenvalue weighted by molar-refractivity contribution is 6.29. The number of aromatic nitrogens is 4. The number of benzene rings is 8. The molecule has 0 aliphatic heterocycles. The molecule has 0 unspecified atom stereocenters. The summed E-state index contributed by atoms with van der Waals surface area (Å²) in [5, 5.41) is 6.94. The Morgan fingerprint density at radius 3 is 1.64 bits per heavy atom. The molecule has 0 saturated heterocycles. The van der Waals surface area contributed by atoms with Crippen LogP contribution in [-0.2, 0) is 0 Å². The van der Waals surface area contributed by atoms with Gasteiger partial charge < -0.3 is 4.57 Å². The predicted octanol–water partition coefficient (Wildman–Crippen LogP) is 13.1. The number of hydrogen-bond acceptors (Lipinski definition) is 3. The topological polar surface area (TPSA) is 43.6 Å². The summed E-state index contributed by atoms with van der Waals surface area (Å²) in [5.41, 5.74) is 12.6. The van der Waals surface area contributed by atoms with Crippen molar-refractivity contribution in [2.45, 2.75) is 0 Å². The van der Waals surface area contributed by atoms with E-state index in [-0.39, 0.29) is 0 Å². The van der Waals surface area contributed by atoms with Gasteiger partial charge >= 0.3 is 0 Å². The van der Waals surface area contributed by atoms with Crippen molar-refractivity contribution in [2.75, 3.05) is 0 Å². The fraction of sp³-hybridized carbons (Fsp3) is 0. The fourth-order valence-electron chi connectivity index (χ4n) is 8.26. The molecule has 55 heavy (non-hydrogen) atoms. The third kappa shape index (κ3) is 5.11. The SMILES string of the molecule is c1ccc(-c2ccc(-c3nc(-c4cccc(-c5nc6ccccc6c6c5ccc5c6c6ccccc6n5-c5ccccc5)c4)c4ccccc4n3)cc2)cc1. The summed E-state index contributed by atoms with van der Waals surface area (Å²) in [6.45, 7) is 0. The summed E-state index contributed by atoms with van der Waals surface area (Å²) in [7, 11) is 0. The van der Waals surface area contributed by atoms with Gasteiger partial charge in [-0.05, 0) is 53.6 Å². The zero-order valence-corrected chi connectivity index (χ0v) is 29.8. The van der Waals surface area contributed by atoms with Gasteiger partial charge in [0.05, 0.1) is 33.5 Å². The zero-order valence-electron chi connectivity index (χ0n) is 29.8. The molecule has 4 heteroatoms. The Labute approximate surface area is 317 Å². The summed E-state index contributed by atoms with van der Waals surface area (Å²) in [4.78, 5) is 15.7. The molecule has 8 aromatic carbocycles. The molecule has 0 amide bonds. The molecule has 0 spiro atoms. The third-order valence-corrected chi connectivity index (χ3v) is 10.8. The Balaban J connectivity index is 1.12. The van der Waals surface area contributed by atoms with Gasteiger partial charge in [-0.3, -0.25) is 0 Å². The molecule has 0 aliphatic rings. The van der Waals surface area contributed by atoms with Gasteiger partial charge in [-0.2, -0.15) is 0 Å². The largest absolute Gasteiger partial charge is 0.309 e. The van der Waals surface area contributed by atoms with Crippen LogP contribution in [0.15, 0.2) is 194 Å². The van der Waals surface area contributed by atoms with Gasteiger partial charge in [0, 0.05) is 54.7 Å². The van der Waals surface area contributed by atoms with Gasteiger partial charge in [-0.25, -0.2) is 15.0 Å². The normalized spacial score (nSPS) is 11.6. The third-order valence-electron chi connectivity index (χ3n) is 10.8. The predicted molar refractivity (Wildman–Crippen MR) is 228 cm³/mol. The molecule has 0 atom stereocenters. The van der Waals surface area contributed by atoms with Crippen molar-refractivity contribution < 1.29 is 0 Å². The first-order valence-corrected chi connectivity index (χ1v) is 18.6. The molecule has 0 N–H and O–H groups in total. The van der Waals surface area contributed by atoms with Crippen LogP contribution in [0.25, 0.3) is 105 Å². The van der Waals surface area contributed by atoms with E-state index in [1.54, 1.807) is 0 Å². The van der Waals surface area contributed by atoms with Crippen LogP contribution in [0.1, 0.15) is 0 Å². The number of rotatable bonds is 5. The maximum absolute atomic E-state index is 5.38. The zero-order chi connectivity index (χ0) is 36.3. The minimum Gasteiger partial charge on any atom is -0.309 e. The molecule has 4 nitrogen and oxygen atoms in total. The van der Waals surface area contributed by atoms with Gasteiger partial charge in [0.25, 0.3) is 0 Å². The van der Waals surface area contributed by atoms with E-state index in [9.17, 15) is 0 Å². The Hall–Kier alpha value is -7.43. The van der Waals surface area contributed by atoms with Gasteiger partial charge in [0.15, 0.2) is 5.82 Å². The minimum atomic E-state index is 0.699. The number of pyridine rings is 1. The van der Waals surface area contributed by atoms with Crippen molar-refractivity contribution in [3.8, 4) is 50.7 Å². The van der Waals surface area contributed by atoms with E-state index in [0.717, 1.165) is 66.5 Å². The maximum atomic E-state index is 5.38. The second kappa shape index (κ2) is 12.6. The summed E-state index contributed by atoms with van der Waals surface area (Å²) in [6, 6.07) is 68.4. The van der Waals surface area contributed by atoms with Crippen molar-refractivity contribution in [3.05, 3.63) is 194 Å². The van der Waals surface area contributed by atoms with Gasteiger partial charge in [0.1, 0.15) is 0 Å². The van der Waals surface area contributed by atoms with Crippen LogP contribution in [0, 0.1) is 0 Å². The number of para-hydroxylation sites is 4. The molecular formula is C51H32N4. The molecule has 0 saturated carbocycles. The second-order valence-corrected chi connectivity index (χ2v) is 14.0. The lowest BCUT2D eigenvalue weighted by molar-refractivity contribution is 1.18. The van der Waals surface area contributed by atoms with E-state index in [2.05, 4.69) is 187 Å². The maximum Gasteiger partial charge on any atom is 0.160 e. The van der Waals surface area contributed by atoms with Crippen molar-refractivity contribution >= 4 is 54.4 Å². The monoisotopic (exact) mass is 700 g/mol.